The number of amides is 4. The quantitative estimate of drug-likeness (QED) is 0.824. The van der Waals surface area contributed by atoms with Crippen LogP contribution in [0, 0.1) is 0 Å². The summed E-state index contributed by atoms with van der Waals surface area (Å²) in [7, 11) is 0. The van der Waals surface area contributed by atoms with E-state index in [9.17, 15) is 14.4 Å². The molecule has 1 saturated carbocycles. The second-order valence-electron chi connectivity index (χ2n) is 7.88. The highest BCUT2D eigenvalue weighted by atomic mass is 16.2. The molecule has 5 rings (SSSR count). The molecule has 3 aliphatic rings. The molecule has 1 aliphatic carbocycles. The first kappa shape index (κ1) is 17.2. The Labute approximate surface area is 162 Å². The molecule has 4 amide bonds. The van der Waals surface area contributed by atoms with E-state index in [-0.39, 0.29) is 30.8 Å². The molecule has 0 radical (unpaired) electrons. The number of hydrogen-bond donors (Lipinski definition) is 1. The molecule has 1 aromatic carbocycles. The van der Waals surface area contributed by atoms with Gasteiger partial charge in [-0.25, -0.2) is 9.78 Å². The van der Waals surface area contributed by atoms with Crippen LogP contribution in [0.25, 0.3) is 11.0 Å². The Morgan fingerprint density at radius 1 is 1.11 bits per heavy atom. The third-order valence-electron chi connectivity index (χ3n) is 6.23. The van der Waals surface area contributed by atoms with Crippen LogP contribution in [0.3, 0.4) is 0 Å². The largest absolute Gasteiger partial charge is 0.325 e. The topological polar surface area (TPSA) is 87.5 Å². The number of para-hydroxylation sites is 2. The number of fused-ring (bicyclic) bond motifs is 3. The van der Waals surface area contributed by atoms with E-state index in [0.29, 0.717) is 31.9 Å². The van der Waals surface area contributed by atoms with Gasteiger partial charge in [-0.05, 0) is 25.0 Å². The van der Waals surface area contributed by atoms with Gasteiger partial charge in [-0.3, -0.25) is 19.4 Å². The van der Waals surface area contributed by atoms with Crippen LogP contribution in [-0.2, 0) is 16.1 Å². The maximum absolute atomic E-state index is 12.8. The minimum absolute atomic E-state index is 0.110. The van der Waals surface area contributed by atoms with Gasteiger partial charge in [0, 0.05) is 26.1 Å². The molecule has 3 heterocycles. The second-order valence-corrected chi connectivity index (χ2v) is 7.88. The van der Waals surface area contributed by atoms with E-state index in [2.05, 4.69) is 10.3 Å². The fraction of sp³-hybridized carbons (Fsp3) is 0.500. The van der Waals surface area contributed by atoms with Crippen LogP contribution in [0.1, 0.15) is 38.5 Å². The zero-order valence-corrected chi connectivity index (χ0v) is 15.7. The molecule has 0 bridgehead atoms. The third-order valence-corrected chi connectivity index (χ3v) is 6.23. The predicted molar refractivity (Wildman–Crippen MR) is 103 cm³/mol. The van der Waals surface area contributed by atoms with Crippen molar-refractivity contribution in [2.45, 2.75) is 50.6 Å². The maximum atomic E-state index is 12.8. The number of rotatable bonds is 3. The molecule has 28 heavy (non-hydrogen) atoms. The van der Waals surface area contributed by atoms with E-state index in [1.165, 1.54) is 4.90 Å². The minimum Gasteiger partial charge on any atom is -0.323 e. The fourth-order valence-electron chi connectivity index (χ4n) is 4.74. The minimum atomic E-state index is -0.736. The molecule has 1 N–H and O–H groups in total. The molecular formula is C20H23N5O3. The summed E-state index contributed by atoms with van der Waals surface area (Å²) in [4.78, 5) is 45.5. The molecule has 8 heteroatoms. The van der Waals surface area contributed by atoms with Gasteiger partial charge in [0.25, 0.3) is 5.91 Å². The number of anilines is 1. The van der Waals surface area contributed by atoms with Crippen molar-refractivity contribution in [2.24, 2.45) is 0 Å². The van der Waals surface area contributed by atoms with E-state index in [0.717, 1.165) is 30.3 Å². The highest BCUT2D eigenvalue weighted by Gasteiger charge is 2.51. The summed E-state index contributed by atoms with van der Waals surface area (Å²) in [5.74, 6) is 0.366. The number of imidazole rings is 1. The fourth-order valence-corrected chi connectivity index (χ4v) is 4.74. The number of carbonyl (C=O) groups excluding carboxylic acids is 3. The lowest BCUT2D eigenvalue weighted by molar-refractivity contribution is -0.132. The van der Waals surface area contributed by atoms with Gasteiger partial charge in [-0.15, -0.1) is 0 Å². The molecule has 8 nitrogen and oxygen atoms in total. The van der Waals surface area contributed by atoms with E-state index in [4.69, 9.17) is 0 Å². The molecule has 1 aromatic heterocycles. The van der Waals surface area contributed by atoms with Crippen molar-refractivity contribution in [3.63, 3.8) is 0 Å². The number of benzene rings is 1. The Balaban J connectivity index is 1.29. The van der Waals surface area contributed by atoms with E-state index in [1.54, 1.807) is 4.90 Å². The van der Waals surface area contributed by atoms with Gasteiger partial charge in [-0.1, -0.05) is 31.4 Å². The number of hydrogen-bond acceptors (Lipinski definition) is 4. The van der Waals surface area contributed by atoms with Crippen LogP contribution in [0.15, 0.2) is 24.3 Å². The smallest absolute Gasteiger partial charge is 0.323 e. The Hall–Kier alpha value is -2.90. The highest BCUT2D eigenvalue weighted by Crippen LogP contribution is 2.34. The van der Waals surface area contributed by atoms with Crippen molar-refractivity contribution >= 4 is 34.8 Å². The first-order valence-corrected chi connectivity index (χ1v) is 9.99. The molecule has 2 aromatic rings. The summed E-state index contributed by atoms with van der Waals surface area (Å²) in [6.07, 6.45) is 4.49. The zero-order chi connectivity index (χ0) is 19.3. The van der Waals surface area contributed by atoms with Crippen molar-refractivity contribution in [3.8, 4) is 0 Å². The summed E-state index contributed by atoms with van der Waals surface area (Å²) in [6, 6.07) is 7.45. The molecule has 1 saturated heterocycles. The number of urea groups is 1. The van der Waals surface area contributed by atoms with Crippen molar-refractivity contribution in [1.29, 1.82) is 0 Å². The van der Waals surface area contributed by atoms with Gasteiger partial charge in [-0.2, -0.15) is 0 Å². The predicted octanol–water partition coefficient (Wildman–Crippen LogP) is 2.03. The van der Waals surface area contributed by atoms with Gasteiger partial charge in [0.05, 0.1) is 11.0 Å². The van der Waals surface area contributed by atoms with Crippen molar-refractivity contribution in [1.82, 2.24) is 19.8 Å². The molecule has 2 aliphatic heterocycles. The molecule has 0 unspecified atom stereocenters. The van der Waals surface area contributed by atoms with Crippen LogP contribution in [-0.4, -0.2) is 50.9 Å². The van der Waals surface area contributed by atoms with Gasteiger partial charge in [0.15, 0.2) is 0 Å². The molecular weight excluding hydrogens is 358 g/mol. The van der Waals surface area contributed by atoms with Crippen molar-refractivity contribution in [3.05, 3.63) is 24.3 Å². The summed E-state index contributed by atoms with van der Waals surface area (Å²) in [5, 5.41) is 2.89. The summed E-state index contributed by atoms with van der Waals surface area (Å²) in [5.41, 5.74) is 1.14. The Kier molecular flexibility index (Phi) is 3.89. The lowest BCUT2D eigenvalue weighted by atomic mass is 9.82. The lowest BCUT2D eigenvalue weighted by Crippen LogP contribution is -2.48. The number of carbonyl (C=O) groups is 3. The van der Waals surface area contributed by atoms with E-state index >= 15 is 0 Å². The lowest BCUT2D eigenvalue weighted by Gasteiger charge is -2.30. The molecule has 0 atom stereocenters. The van der Waals surface area contributed by atoms with Crippen LogP contribution in [0.4, 0.5) is 10.7 Å². The average Bonchev–Trinajstić information content (AvgIpc) is 3.33. The maximum Gasteiger partial charge on any atom is 0.325 e. The zero-order valence-electron chi connectivity index (χ0n) is 15.7. The SMILES string of the molecule is O=C1NC2(CCCCC2)C(=O)N1CCC(=O)N1CCn2c1nc1ccccc12. The molecule has 2 fully saturated rings. The van der Waals surface area contributed by atoms with E-state index in [1.807, 2.05) is 28.8 Å². The monoisotopic (exact) mass is 381 g/mol. The highest BCUT2D eigenvalue weighted by molar-refractivity contribution is 6.07. The summed E-state index contributed by atoms with van der Waals surface area (Å²) in [6.45, 7) is 1.38. The van der Waals surface area contributed by atoms with Crippen LogP contribution >= 0.6 is 0 Å². The number of nitrogens with zero attached hydrogens (tertiary/aromatic N) is 4. The van der Waals surface area contributed by atoms with Crippen LogP contribution in [0.5, 0.6) is 0 Å². The Morgan fingerprint density at radius 2 is 1.89 bits per heavy atom. The van der Waals surface area contributed by atoms with Crippen LogP contribution < -0.4 is 10.2 Å². The third kappa shape index (κ3) is 2.51. The van der Waals surface area contributed by atoms with Crippen molar-refractivity contribution in [2.75, 3.05) is 18.0 Å². The first-order valence-electron chi connectivity index (χ1n) is 9.99. The van der Waals surface area contributed by atoms with Gasteiger partial charge >= 0.3 is 6.03 Å². The molecule has 146 valence electrons. The number of imide groups is 1. The first-order chi connectivity index (χ1) is 13.6. The van der Waals surface area contributed by atoms with Gasteiger partial charge in [0.2, 0.25) is 11.9 Å². The Bertz CT molecular complexity index is 975. The number of aromatic nitrogens is 2. The standard InChI is InChI=1S/C20H23N5O3/c26-16(24-13-12-23-15-7-3-2-6-14(15)21-18(23)24)8-11-25-17(27)20(22-19(25)28)9-4-1-5-10-20/h2-3,6-7H,1,4-5,8-13H2,(H,22,28). The van der Waals surface area contributed by atoms with Gasteiger partial charge < -0.3 is 9.88 Å². The summed E-state index contributed by atoms with van der Waals surface area (Å²) < 4.78 is 2.04. The van der Waals surface area contributed by atoms with Crippen LogP contribution in [0.2, 0.25) is 0 Å². The normalized spacial score (nSPS) is 20.9. The summed E-state index contributed by atoms with van der Waals surface area (Å²) >= 11 is 0. The van der Waals surface area contributed by atoms with E-state index < -0.39 is 5.54 Å². The number of nitrogens with one attached hydrogen (secondary N) is 1. The Morgan fingerprint density at radius 3 is 2.71 bits per heavy atom. The van der Waals surface area contributed by atoms with Crippen molar-refractivity contribution < 1.29 is 14.4 Å². The average molecular weight is 381 g/mol. The van der Waals surface area contributed by atoms with Gasteiger partial charge in [0.1, 0.15) is 5.54 Å². The molecule has 1 spiro atoms. The second kappa shape index (κ2) is 6.32.